The van der Waals surface area contributed by atoms with Crippen LogP contribution in [0, 0.1) is 25.6 Å². The van der Waals surface area contributed by atoms with E-state index in [1.54, 1.807) is 13.0 Å². The van der Waals surface area contributed by atoms with Gasteiger partial charge >= 0.3 is 6.18 Å². The molecule has 0 spiro atoms. The zero-order valence-electron chi connectivity index (χ0n) is 23.6. The lowest BCUT2D eigenvalue weighted by Gasteiger charge is -2.41. The predicted molar refractivity (Wildman–Crippen MR) is 144 cm³/mol. The fraction of sp³-hybridized carbons (Fsp3) is 0.645. The Balaban J connectivity index is 1.27. The molecule has 1 aromatic heterocycles. The number of carbonyl (C=O) groups is 1. The first-order valence-electron chi connectivity index (χ1n) is 14.8. The minimum absolute atomic E-state index is 0.000205. The standard InChI is InChI=1S/C31H38F4N4O/c1-18-16-38(14-15-39(18)28(40)22-6-4-5-7-22)17-23-10-11-24(32)25(19(23)2)26-20(3)36-29(37-27(26)21-8-9-21)30(12-13-30)31(33,34)35/h10-11,18,21-22H,4-9,12-17H2,1-3H3/t18-/m1/s1. The van der Waals surface area contributed by atoms with Gasteiger partial charge < -0.3 is 4.90 Å². The normalized spacial score (nSPS) is 23.6. The fourth-order valence-electron chi connectivity index (χ4n) is 6.88. The number of alkyl halides is 3. The number of nitrogens with zero attached hydrogens (tertiary/aromatic N) is 4. The number of carbonyl (C=O) groups excluding carboxylic acids is 1. The Morgan fingerprint density at radius 3 is 2.33 bits per heavy atom. The quantitative estimate of drug-likeness (QED) is 0.375. The molecule has 6 rings (SSSR count). The van der Waals surface area contributed by atoms with Gasteiger partial charge in [-0.1, -0.05) is 18.9 Å². The summed E-state index contributed by atoms with van der Waals surface area (Å²) in [4.78, 5) is 26.3. The van der Waals surface area contributed by atoms with Crippen LogP contribution in [0.25, 0.3) is 11.1 Å². The summed E-state index contributed by atoms with van der Waals surface area (Å²) in [6, 6.07) is 3.37. The Bertz CT molecular complexity index is 1310. The molecule has 1 saturated heterocycles. The van der Waals surface area contributed by atoms with Gasteiger partial charge in [-0.3, -0.25) is 9.69 Å². The largest absolute Gasteiger partial charge is 0.401 e. The van der Waals surface area contributed by atoms with Crippen molar-refractivity contribution in [1.29, 1.82) is 0 Å². The number of aromatic nitrogens is 2. The summed E-state index contributed by atoms with van der Waals surface area (Å²) in [5.74, 6) is -0.0705. The smallest absolute Gasteiger partial charge is 0.337 e. The maximum absolute atomic E-state index is 15.5. The lowest BCUT2D eigenvalue weighted by atomic mass is 9.91. The summed E-state index contributed by atoms with van der Waals surface area (Å²) in [7, 11) is 0. The minimum Gasteiger partial charge on any atom is -0.337 e. The third kappa shape index (κ3) is 4.82. The third-order valence-corrected chi connectivity index (χ3v) is 9.67. The van der Waals surface area contributed by atoms with E-state index in [0.29, 0.717) is 35.6 Å². The summed E-state index contributed by atoms with van der Waals surface area (Å²) >= 11 is 0. The van der Waals surface area contributed by atoms with Crippen molar-refractivity contribution in [2.45, 2.75) is 102 Å². The molecule has 216 valence electrons. The maximum atomic E-state index is 15.5. The first kappa shape index (κ1) is 27.6. The molecule has 0 N–H and O–H groups in total. The van der Waals surface area contributed by atoms with Crippen molar-refractivity contribution in [2.75, 3.05) is 19.6 Å². The van der Waals surface area contributed by atoms with Gasteiger partial charge in [0.25, 0.3) is 0 Å². The third-order valence-electron chi connectivity index (χ3n) is 9.67. The molecule has 9 heteroatoms. The predicted octanol–water partition coefficient (Wildman–Crippen LogP) is 6.59. The lowest BCUT2D eigenvalue weighted by molar-refractivity contribution is -0.162. The molecule has 4 fully saturated rings. The van der Waals surface area contributed by atoms with Crippen molar-refractivity contribution in [2.24, 2.45) is 5.92 Å². The van der Waals surface area contributed by atoms with Crippen molar-refractivity contribution in [3.05, 3.63) is 46.3 Å². The molecule has 1 amide bonds. The molecule has 1 aromatic carbocycles. The van der Waals surface area contributed by atoms with E-state index < -0.39 is 17.4 Å². The van der Waals surface area contributed by atoms with Crippen molar-refractivity contribution in [1.82, 2.24) is 19.8 Å². The van der Waals surface area contributed by atoms with Gasteiger partial charge in [0.15, 0.2) is 0 Å². The highest BCUT2D eigenvalue weighted by molar-refractivity contribution is 5.79. The number of amides is 1. The van der Waals surface area contributed by atoms with Crippen LogP contribution in [-0.2, 0) is 16.8 Å². The lowest BCUT2D eigenvalue weighted by Crippen LogP contribution is -2.54. The van der Waals surface area contributed by atoms with E-state index in [2.05, 4.69) is 21.8 Å². The molecule has 1 atom stereocenters. The van der Waals surface area contributed by atoms with Gasteiger partial charge in [-0.25, -0.2) is 14.4 Å². The molecular weight excluding hydrogens is 520 g/mol. The van der Waals surface area contributed by atoms with Crippen LogP contribution in [0.2, 0.25) is 0 Å². The van der Waals surface area contributed by atoms with Crippen molar-refractivity contribution in [3.63, 3.8) is 0 Å². The van der Waals surface area contributed by atoms with E-state index in [-0.39, 0.29) is 42.5 Å². The number of halogens is 4. The minimum atomic E-state index is -4.40. The van der Waals surface area contributed by atoms with Crippen LogP contribution in [-0.4, -0.2) is 57.5 Å². The Morgan fingerprint density at radius 2 is 1.73 bits per heavy atom. The topological polar surface area (TPSA) is 49.3 Å². The molecule has 5 nitrogen and oxygen atoms in total. The van der Waals surface area contributed by atoms with Crippen LogP contribution >= 0.6 is 0 Å². The van der Waals surface area contributed by atoms with Gasteiger partial charge in [-0.2, -0.15) is 13.2 Å². The molecule has 2 heterocycles. The second-order valence-corrected chi connectivity index (χ2v) is 12.6. The van der Waals surface area contributed by atoms with Gasteiger partial charge in [0.05, 0.1) is 5.69 Å². The van der Waals surface area contributed by atoms with E-state index in [0.717, 1.165) is 62.7 Å². The molecule has 3 aliphatic carbocycles. The summed E-state index contributed by atoms with van der Waals surface area (Å²) in [5.41, 5.74) is 1.71. The zero-order chi connectivity index (χ0) is 28.4. The van der Waals surface area contributed by atoms with Crippen molar-refractivity contribution < 1.29 is 22.4 Å². The molecule has 1 aliphatic heterocycles. The van der Waals surface area contributed by atoms with E-state index in [9.17, 15) is 18.0 Å². The van der Waals surface area contributed by atoms with Crippen LogP contribution in [0.15, 0.2) is 12.1 Å². The number of hydrogen-bond donors (Lipinski definition) is 0. The average Bonchev–Trinajstić information content (AvgIpc) is 3.83. The summed E-state index contributed by atoms with van der Waals surface area (Å²) < 4.78 is 57.2. The molecule has 40 heavy (non-hydrogen) atoms. The first-order chi connectivity index (χ1) is 19.0. The van der Waals surface area contributed by atoms with Crippen molar-refractivity contribution in [3.8, 4) is 11.1 Å². The maximum Gasteiger partial charge on any atom is 0.401 e. The highest BCUT2D eigenvalue weighted by Gasteiger charge is 2.66. The number of hydrogen-bond acceptors (Lipinski definition) is 4. The molecule has 0 radical (unpaired) electrons. The Kier molecular flexibility index (Phi) is 6.95. The van der Waals surface area contributed by atoms with Crippen LogP contribution in [0.5, 0.6) is 0 Å². The van der Waals surface area contributed by atoms with Crippen molar-refractivity contribution >= 4 is 5.91 Å². The van der Waals surface area contributed by atoms with E-state index in [1.165, 1.54) is 6.07 Å². The molecule has 2 aromatic rings. The van der Waals surface area contributed by atoms with Crippen LogP contribution in [0.3, 0.4) is 0 Å². The van der Waals surface area contributed by atoms with Gasteiger partial charge in [-0.05, 0) is 76.5 Å². The Morgan fingerprint density at radius 1 is 1.02 bits per heavy atom. The van der Waals surface area contributed by atoms with Gasteiger partial charge in [0.2, 0.25) is 5.91 Å². The number of piperazine rings is 1. The van der Waals surface area contributed by atoms with Crippen LogP contribution in [0.4, 0.5) is 17.6 Å². The first-order valence-corrected chi connectivity index (χ1v) is 14.8. The SMILES string of the molecule is Cc1nc(C2(C(F)(F)F)CC2)nc(C2CC2)c1-c1c(F)ccc(CN2CCN(C(=O)C3CCCC3)[C@H](C)C2)c1C. The molecular formula is C31H38F4N4O. The number of benzene rings is 1. The van der Waals surface area contributed by atoms with Crippen LogP contribution in [0.1, 0.15) is 92.5 Å². The monoisotopic (exact) mass is 558 g/mol. The second kappa shape index (κ2) is 10.1. The fourth-order valence-corrected chi connectivity index (χ4v) is 6.88. The van der Waals surface area contributed by atoms with Gasteiger partial charge in [0, 0.05) is 60.9 Å². The highest BCUT2D eigenvalue weighted by atomic mass is 19.4. The van der Waals surface area contributed by atoms with Crippen LogP contribution < -0.4 is 0 Å². The van der Waals surface area contributed by atoms with Gasteiger partial charge in [-0.15, -0.1) is 0 Å². The number of aryl methyl sites for hydroxylation is 1. The highest BCUT2D eigenvalue weighted by Crippen LogP contribution is 2.58. The molecule has 0 unspecified atom stereocenters. The molecule has 0 bridgehead atoms. The van der Waals surface area contributed by atoms with E-state index >= 15 is 4.39 Å². The Hall–Kier alpha value is -2.55. The van der Waals surface area contributed by atoms with Gasteiger partial charge in [0.1, 0.15) is 17.1 Å². The second-order valence-electron chi connectivity index (χ2n) is 12.6. The van der Waals surface area contributed by atoms with E-state index in [4.69, 9.17) is 0 Å². The number of rotatable bonds is 6. The molecule has 4 aliphatic rings. The average molecular weight is 559 g/mol. The summed E-state index contributed by atoms with van der Waals surface area (Å²) in [6.07, 6.45) is 1.53. The zero-order valence-corrected chi connectivity index (χ0v) is 23.6. The van der Waals surface area contributed by atoms with E-state index in [1.807, 2.05) is 11.8 Å². The molecule has 3 saturated carbocycles. The summed E-state index contributed by atoms with van der Waals surface area (Å²) in [5, 5.41) is 0. The Labute approximate surface area is 233 Å². The summed E-state index contributed by atoms with van der Waals surface area (Å²) in [6.45, 7) is 8.46.